The van der Waals surface area contributed by atoms with Gasteiger partial charge in [0.05, 0.1) is 11.9 Å². The second-order valence-corrected chi connectivity index (χ2v) is 0.575. The van der Waals surface area contributed by atoms with Crippen molar-refractivity contribution >= 4 is 49.7 Å². The summed E-state index contributed by atoms with van der Waals surface area (Å²) >= 11 is 0. The fraction of sp³-hybridized carbons (Fsp3) is 0. The fourth-order valence-corrected chi connectivity index (χ4v) is 0. The first-order chi connectivity index (χ1) is 2.64. The van der Waals surface area contributed by atoms with Gasteiger partial charge in [-0.1, -0.05) is 0 Å². The SMILES string of the molecule is O=C([O-])C(=O)[O-].[Ca+2].[Lu+3]. The van der Waals surface area contributed by atoms with Crippen molar-refractivity contribution in [1.29, 1.82) is 0 Å². The smallest absolute Gasteiger partial charge is 0.543 e. The largest absolute Gasteiger partial charge is 3.00 e. The van der Waals surface area contributed by atoms with E-state index in [0.717, 1.165) is 0 Å². The Labute approximate surface area is 104 Å². The predicted molar refractivity (Wildman–Crippen MR) is 15.8 cm³/mol. The Kier molecular flexibility index (Phi) is 17.1. The van der Waals surface area contributed by atoms with Crippen LogP contribution in [0, 0.1) is 36.9 Å². The van der Waals surface area contributed by atoms with Gasteiger partial charge in [0.1, 0.15) is 0 Å². The van der Waals surface area contributed by atoms with Crippen LogP contribution in [0.2, 0.25) is 0 Å². The molecule has 0 atom stereocenters. The predicted octanol–water partition coefficient (Wildman–Crippen LogP) is -3.89. The van der Waals surface area contributed by atoms with Crippen LogP contribution in [0.1, 0.15) is 0 Å². The van der Waals surface area contributed by atoms with E-state index >= 15 is 0 Å². The second-order valence-electron chi connectivity index (χ2n) is 0.575. The molecule has 0 heterocycles. The summed E-state index contributed by atoms with van der Waals surface area (Å²) in [6.07, 6.45) is 0. The minimum absolute atomic E-state index is 0. The van der Waals surface area contributed by atoms with Gasteiger partial charge in [-0.05, 0) is 0 Å². The van der Waals surface area contributed by atoms with E-state index in [1.54, 1.807) is 0 Å². The van der Waals surface area contributed by atoms with Crippen LogP contribution in [0.4, 0.5) is 0 Å². The van der Waals surface area contributed by atoms with Crippen LogP contribution < -0.4 is 10.2 Å². The monoisotopic (exact) mass is 303 g/mol. The summed E-state index contributed by atoms with van der Waals surface area (Å²) in [7, 11) is 0. The standard InChI is InChI=1S/C2H2O4.Ca.Lu/c3-1(4)2(5)6;;/h(H,3,4)(H,5,6);;/q;+2;+3/p-2. The number of carboxylic acid groups (broad SMARTS) is 2. The molecule has 0 aromatic carbocycles. The van der Waals surface area contributed by atoms with Crippen LogP contribution in [0.25, 0.3) is 0 Å². The molecule has 0 aromatic rings. The molecule has 46 valence electrons. The number of carbonyl (C=O) groups excluding carboxylic acids is 2. The summed E-state index contributed by atoms with van der Waals surface area (Å²) in [5.74, 6) is -4.37. The third kappa shape index (κ3) is 10.4. The van der Waals surface area contributed by atoms with E-state index in [9.17, 15) is 0 Å². The van der Waals surface area contributed by atoms with Gasteiger partial charge in [-0.3, -0.25) is 0 Å². The Bertz CT molecular complexity index is 80.0. The number of hydrogen-bond acceptors (Lipinski definition) is 4. The maximum absolute atomic E-state index is 8.93. The minimum Gasteiger partial charge on any atom is -0.543 e. The summed E-state index contributed by atoms with van der Waals surface area (Å²) in [6.45, 7) is 0. The number of carbonyl (C=O) groups is 2. The molecule has 0 aromatic heterocycles. The summed E-state index contributed by atoms with van der Waals surface area (Å²) in [6, 6.07) is 0. The number of carboxylic acids is 2. The van der Waals surface area contributed by atoms with Crippen molar-refractivity contribution in [2.45, 2.75) is 0 Å². The van der Waals surface area contributed by atoms with Gasteiger partial charge >= 0.3 is 74.6 Å². The van der Waals surface area contributed by atoms with Gasteiger partial charge in [0.25, 0.3) is 0 Å². The molecule has 8 heavy (non-hydrogen) atoms. The van der Waals surface area contributed by atoms with Gasteiger partial charge in [-0.15, -0.1) is 0 Å². The van der Waals surface area contributed by atoms with Gasteiger partial charge in [0, 0.05) is 0 Å². The Morgan fingerprint density at radius 3 is 1.12 bits per heavy atom. The quantitative estimate of drug-likeness (QED) is 0.338. The summed E-state index contributed by atoms with van der Waals surface area (Å²) < 4.78 is 0. The first-order valence-electron chi connectivity index (χ1n) is 1.07. The molecule has 0 aliphatic heterocycles. The number of aliphatic carboxylic acids is 2. The second kappa shape index (κ2) is 8.43. The molecule has 0 aliphatic rings. The molecule has 0 spiro atoms. The van der Waals surface area contributed by atoms with Crippen molar-refractivity contribution in [2.75, 3.05) is 0 Å². The minimum atomic E-state index is -2.19. The van der Waals surface area contributed by atoms with Gasteiger partial charge in [-0.25, -0.2) is 0 Å². The van der Waals surface area contributed by atoms with Crippen molar-refractivity contribution in [3.8, 4) is 0 Å². The van der Waals surface area contributed by atoms with Crippen molar-refractivity contribution < 1.29 is 56.7 Å². The van der Waals surface area contributed by atoms with Crippen LogP contribution in [0.3, 0.4) is 0 Å². The van der Waals surface area contributed by atoms with Crippen LogP contribution in [-0.4, -0.2) is 49.7 Å². The van der Waals surface area contributed by atoms with Gasteiger partial charge in [0.15, 0.2) is 0 Å². The first-order valence-corrected chi connectivity index (χ1v) is 1.07. The molecule has 6 heteroatoms. The molecular formula is C2CaLuO4+3. The van der Waals surface area contributed by atoms with E-state index in [2.05, 4.69) is 0 Å². The Morgan fingerprint density at radius 2 is 1.12 bits per heavy atom. The first kappa shape index (κ1) is 16.2. The molecule has 0 rings (SSSR count). The Morgan fingerprint density at radius 1 is 1.00 bits per heavy atom. The summed E-state index contributed by atoms with van der Waals surface area (Å²) in [5, 5.41) is 17.9. The van der Waals surface area contributed by atoms with Gasteiger partial charge in [0.2, 0.25) is 0 Å². The zero-order valence-corrected chi connectivity index (χ0v) is 7.46. The van der Waals surface area contributed by atoms with Gasteiger partial charge < -0.3 is 19.8 Å². The maximum Gasteiger partial charge on any atom is 3.00 e. The Balaban J connectivity index is -0.000000125. The van der Waals surface area contributed by atoms with E-state index in [1.807, 2.05) is 0 Å². The van der Waals surface area contributed by atoms with Crippen LogP contribution in [-0.2, 0) is 9.59 Å². The van der Waals surface area contributed by atoms with Crippen molar-refractivity contribution in [1.82, 2.24) is 0 Å². The van der Waals surface area contributed by atoms with E-state index in [1.165, 1.54) is 0 Å². The van der Waals surface area contributed by atoms with Crippen LogP contribution >= 0.6 is 0 Å². The molecule has 0 saturated heterocycles. The van der Waals surface area contributed by atoms with Crippen molar-refractivity contribution in [2.24, 2.45) is 0 Å². The molecule has 4 nitrogen and oxygen atoms in total. The zero-order valence-electron chi connectivity index (χ0n) is 3.60. The fourth-order valence-electron chi connectivity index (χ4n) is 0. The van der Waals surface area contributed by atoms with Crippen molar-refractivity contribution in [3.05, 3.63) is 0 Å². The molecular weight excluding hydrogens is 303 g/mol. The average Bonchev–Trinajstić information content (AvgIpc) is 1.36. The van der Waals surface area contributed by atoms with Crippen molar-refractivity contribution in [3.63, 3.8) is 0 Å². The van der Waals surface area contributed by atoms with Crippen LogP contribution in [0.5, 0.6) is 0 Å². The third-order valence-electron chi connectivity index (χ3n) is 0.167. The molecule has 0 radical (unpaired) electrons. The van der Waals surface area contributed by atoms with E-state index < -0.39 is 11.9 Å². The third-order valence-corrected chi connectivity index (χ3v) is 0.167. The van der Waals surface area contributed by atoms with Crippen LogP contribution in [0.15, 0.2) is 0 Å². The van der Waals surface area contributed by atoms with Gasteiger partial charge in [-0.2, -0.15) is 0 Å². The zero-order chi connectivity index (χ0) is 5.15. The number of rotatable bonds is 0. The maximum atomic E-state index is 8.93. The molecule has 0 N–H and O–H groups in total. The molecule has 0 aliphatic carbocycles. The van der Waals surface area contributed by atoms with E-state index in [0.29, 0.717) is 0 Å². The molecule has 0 amide bonds. The summed E-state index contributed by atoms with van der Waals surface area (Å²) in [4.78, 5) is 17.9. The topological polar surface area (TPSA) is 80.3 Å². The molecule has 0 saturated carbocycles. The number of hydrogen-bond donors (Lipinski definition) is 0. The normalized spacial score (nSPS) is 5.50. The van der Waals surface area contributed by atoms with E-state index in [-0.39, 0.29) is 74.6 Å². The average molecular weight is 303 g/mol. The molecule has 0 bridgehead atoms. The Hall–Kier alpha value is 1.43. The molecule has 0 fully saturated rings. The molecule has 0 unspecified atom stereocenters. The summed E-state index contributed by atoms with van der Waals surface area (Å²) in [5.41, 5.74) is 0. The van der Waals surface area contributed by atoms with E-state index in [4.69, 9.17) is 19.8 Å².